The van der Waals surface area contributed by atoms with E-state index in [-0.39, 0.29) is 0 Å². The van der Waals surface area contributed by atoms with Gasteiger partial charge < -0.3 is 20.4 Å². The van der Waals surface area contributed by atoms with Gasteiger partial charge in [-0.3, -0.25) is 0 Å². The molecule has 0 aliphatic carbocycles. The van der Waals surface area contributed by atoms with Crippen LogP contribution in [0.3, 0.4) is 0 Å². The summed E-state index contributed by atoms with van der Waals surface area (Å²) in [5, 5.41) is 6.83. The maximum Gasteiger partial charge on any atom is 0.191 e. The summed E-state index contributed by atoms with van der Waals surface area (Å²) in [6, 6.07) is 4.29. The number of guanidine groups is 1. The first kappa shape index (κ1) is 20.9. The molecule has 6 nitrogen and oxygen atoms in total. The first-order valence-corrected chi connectivity index (χ1v) is 11.2. The Balaban J connectivity index is 1.40. The molecule has 0 amide bonds. The predicted octanol–water partition coefficient (Wildman–Crippen LogP) is 2.86. The van der Waals surface area contributed by atoms with Crippen molar-refractivity contribution < 1.29 is 0 Å². The standard InChI is InChI=1S/C22H38N6/c1-3-23-22(24-11-6-12-27-15-9-19(2)10-16-27)26-18-20-7-8-21(25-17-20)28-13-4-5-14-28/h7-8,17,19H,3-6,9-16,18H2,1-2H3,(H2,23,24,26). The molecule has 0 spiro atoms. The van der Waals surface area contributed by atoms with Crippen LogP contribution in [0.15, 0.2) is 23.3 Å². The largest absolute Gasteiger partial charge is 0.357 e. The van der Waals surface area contributed by atoms with Crippen LogP contribution >= 0.6 is 0 Å². The van der Waals surface area contributed by atoms with Gasteiger partial charge >= 0.3 is 0 Å². The van der Waals surface area contributed by atoms with Crippen LogP contribution in [0.5, 0.6) is 0 Å². The van der Waals surface area contributed by atoms with E-state index >= 15 is 0 Å². The van der Waals surface area contributed by atoms with Crippen LogP contribution in [-0.4, -0.2) is 61.7 Å². The number of nitrogens with one attached hydrogen (secondary N) is 2. The molecule has 0 unspecified atom stereocenters. The highest BCUT2D eigenvalue weighted by atomic mass is 15.2. The molecule has 1 aromatic rings. The van der Waals surface area contributed by atoms with Crippen molar-refractivity contribution in [2.45, 2.75) is 52.5 Å². The molecule has 2 fully saturated rings. The number of aromatic nitrogens is 1. The van der Waals surface area contributed by atoms with Crippen LogP contribution in [0.2, 0.25) is 0 Å². The zero-order chi connectivity index (χ0) is 19.6. The predicted molar refractivity (Wildman–Crippen MR) is 118 cm³/mol. The van der Waals surface area contributed by atoms with Crippen molar-refractivity contribution in [2.24, 2.45) is 10.9 Å². The van der Waals surface area contributed by atoms with E-state index in [4.69, 9.17) is 4.99 Å². The monoisotopic (exact) mass is 386 g/mol. The number of rotatable bonds is 8. The van der Waals surface area contributed by atoms with Crippen LogP contribution in [0.1, 0.15) is 51.5 Å². The molecule has 2 saturated heterocycles. The summed E-state index contributed by atoms with van der Waals surface area (Å²) in [5.41, 5.74) is 1.16. The van der Waals surface area contributed by atoms with E-state index in [1.54, 1.807) is 0 Å². The normalized spacial score (nSPS) is 19.2. The quantitative estimate of drug-likeness (QED) is 0.409. The lowest BCUT2D eigenvalue weighted by molar-refractivity contribution is 0.191. The maximum absolute atomic E-state index is 4.73. The minimum atomic E-state index is 0.659. The molecule has 2 aliphatic rings. The summed E-state index contributed by atoms with van der Waals surface area (Å²) in [7, 11) is 0. The number of nitrogens with zero attached hydrogens (tertiary/aromatic N) is 4. The highest BCUT2D eigenvalue weighted by Crippen LogP contribution is 2.18. The number of pyridine rings is 1. The van der Waals surface area contributed by atoms with Crippen molar-refractivity contribution in [1.82, 2.24) is 20.5 Å². The molecule has 0 radical (unpaired) electrons. The van der Waals surface area contributed by atoms with Crippen molar-refractivity contribution in [3.63, 3.8) is 0 Å². The molecular weight excluding hydrogens is 348 g/mol. The van der Waals surface area contributed by atoms with Gasteiger partial charge in [0.2, 0.25) is 0 Å². The third-order valence-electron chi connectivity index (χ3n) is 5.82. The summed E-state index contributed by atoms with van der Waals surface area (Å²) in [6.45, 7) is 12.9. The lowest BCUT2D eigenvalue weighted by Crippen LogP contribution is -2.39. The molecule has 2 aliphatic heterocycles. The van der Waals surface area contributed by atoms with Gasteiger partial charge in [0.15, 0.2) is 5.96 Å². The zero-order valence-corrected chi connectivity index (χ0v) is 17.8. The fraction of sp³-hybridized carbons (Fsp3) is 0.727. The van der Waals surface area contributed by atoms with E-state index in [9.17, 15) is 0 Å². The fourth-order valence-electron chi connectivity index (χ4n) is 3.95. The Morgan fingerprint density at radius 2 is 1.93 bits per heavy atom. The molecule has 3 rings (SSSR count). The Labute approximate surface area is 170 Å². The molecule has 0 saturated carbocycles. The van der Waals surface area contributed by atoms with Crippen molar-refractivity contribution >= 4 is 11.8 Å². The molecule has 0 atom stereocenters. The highest BCUT2D eigenvalue weighted by molar-refractivity contribution is 5.79. The van der Waals surface area contributed by atoms with Gasteiger partial charge in [0.25, 0.3) is 0 Å². The highest BCUT2D eigenvalue weighted by Gasteiger charge is 2.15. The van der Waals surface area contributed by atoms with Gasteiger partial charge in [-0.25, -0.2) is 9.98 Å². The number of aliphatic imine (C=N–C) groups is 1. The fourth-order valence-corrected chi connectivity index (χ4v) is 3.95. The lowest BCUT2D eigenvalue weighted by Gasteiger charge is -2.30. The van der Waals surface area contributed by atoms with Crippen LogP contribution < -0.4 is 15.5 Å². The molecule has 0 bridgehead atoms. The van der Waals surface area contributed by atoms with Crippen LogP contribution in [0, 0.1) is 5.92 Å². The number of hydrogen-bond donors (Lipinski definition) is 2. The van der Waals surface area contributed by atoms with E-state index in [0.717, 1.165) is 55.9 Å². The number of likely N-dealkylation sites (tertiary alicyclic amines) is 1. The number of piperidine rings is 1. The van der Waals surface area contributed by atoms with Crippen molar-refractivity contribution in [3.8, 4) is 0 Å². The van der Waals surface area contributed by atoms with E-state index in [2.05, 4.69) is 51.4 Å². The average molecular weight is 387 g/mol. The second-order valence-electron chi connectivity index (χ2n) is 8.22. The molecular formula is C22H38N6. The van der Waals surface area contributed by atoms with E-state index in [1.165, 1.54) is 45.3 Å². The molecule has 1 aromatic heterocycles. The number of anilines is 1. The van der Waals surface area contributed by atoms with Crippen LogP contribution in [0.4, 0.5) is 5.82 Å². The van der Waals surface area contributed by atoms with Crippen LogP contribution in [0.25, 0.3) is 0 Å². The Hall–Kier alpha value is -1.82. The average Bonchev–Trinajstić information content (AvgIpc) is 3.26. The van der Waals surface area contributed by atoms with Crippen LogP contribution in [-0.2, 0) is 6.54 Å². The Morgan fingerprint density at radius 1 is 1.14 bits per heavy atom. The second kappa shape index (κ2) is 11.2. The SMILES string of the molecule is CCNC(=NCc1ccc(N2CCCC2)nc1)NCCCN1CCC(C)CC1. The third-order valence-corrected chi connectivity index (χ3v) is 5.82. The zero-order valence-electron chi connectivity index (χ0n) is 17.8. The lowest BCUT2D eigenvalue weighted by atomic mass is 9.99. The third kappa shape index (κ3) is 6.66. The van der Waals surface area contributed by atoms with Gasteiger partial charge in [0.05, 0.1) is 6.54 Å². The summed E-state index contributed by atoms with van der Waals surface area (Å²) in [5.74, 6) is 2.90. The Morgan fingerprint density at radius 3 is 2.61 bits per heavy atom. The van der Waals surface area contributed by atoms with Gasteiger partial charge in [0.1, 0.15) is 5.82 Å². The van der Waals surface area contributed by atoms with Gasteiger partial charge in [0, 0.05) is 32.4 Å². The summed E-state index contributed by atoms with van der Waals surface area (Å²) in [4.78, 5) is 14.3. The molecule has 0 aromatic carbocycles. The van der Waals surface area contributed by atoms with Crippen molar-refractivity contribution in [2.75, 3.05) is 50.7 Å². The molecule has 28 heavy (non-hydrogen) atoms. The Kier molecular flexibility index (Phi) is 8.40. The van der Waals surface area contributed by atoms with E-state index in [1.807, 2.05) is 6.20 Å². The van der Waals surface area contributed by atoms with E-state index < -0.39 is 0 Å². The summed E-state index contributed by atoms with van der Waals surface area (Å²) in [6.07, 6.45) is 8.39. The topological polar surface area (TPSA) is 55.8 Å². The van der Waals surface area contributed by atoms with E-state index in [0.29, 0.717) is 6.54 Å². The smallest absolute Gasteiger partial charge is 0.191 e. The van der Waals surface area contributed by atoms with Gasteiger partial charge in [-0.05, 0) is 76.2 Å². The Bertz CT molecular complexity index is 586. The van der Waals surface area contributed by atoms with Gasteiger partial charge in [-0.15, -0.1) is 0 Å². The van der Waals surface area contributed by atoms with Gasteiger partial charge in [-0.1, -0.05) is 13.0 Å². The van der Waals surface area contributed by atoms with Crippen molar-refractivity contribution in [3.05, 3.63) is 23.9 Å². The molecule has 6 heteroatoms. The molecule has 156 valence electrons. The minimum absolute atomic E-state index is 0.659. The minimum Gasteiger partial charge on any atom is -0.357 e. The molecule has 3 heterocycles. The first-order chi connectivity index (χ1) is 13.7. The summed E-state index contributed by atoms with van der Waals surface area (Å²) >= 11 is 0. The van der Waals surface area contributed by atoms with Crippen molar-refractivity contribution in [1.29, 1.82) is 0 Å². The second-order valence-corrected chi connectivity index (χ2v) is 8.22. The maximum atomic E-state index is 4.73. The molecule has 2 N–H and O–H groups in total. The summed E-state index contributed by atoms with van der Waals surface area (Å²) < 4.78 is 0. The number of hydrogen-bond acceptors (Lipinski definition) is 4. The first-order valence-electron chi connectivity index (χ1n) is 11.2. The van der Waals surface area contributed by atoms with Gasteiger partial charge in [-0.2, -0.15) is 0 Å².